The molecule has 1 aliphatic carbocycles. The first-order valence-corrected chi connectivity index (χ1v) is 20.8. The van der Waals surface area contributed by atoms with Crippen molar-refractivity contribution in [2.75, 3.05) is 4.90 Å². The maximum atomic E-state index is 2.46. The van der Waals surface area contributed by atoms with Gasteiger partial charge in [-0.25, -0.2) is 0 Å². The summed E-state index contributed by atoms with van der Waals surface area (Å²) < 4.78 is 0. The van der Waals surface area contributed by atoms with E-state index in [0.717, 1.165) is 17.1 Å². The Balaban J connectivity index is 1.14. The van der Waals surface area contributed by atoms with Gasteiger partial charge in [0.2, 0.25) is 0 Å². The van der Waals surface area contributed by atoms with E-state index in [9.17, 15) is 0 Å². The number of rotatable bonds is 8. The highest BCUT2D eigenvalue weighted by Crippen LogP contribution is 2.58. The van der Waals surface area contributed by atoms with E-state index in [1.165, 1.54) is 77.5 Å². The predicted octanol–water partition coefficient (Wildman–Crippen LogP) is 15.7. The largest absolute Gasteiger partial charge is 0.310 e. The lowest BCUT2D eigenvalue weighted by atomic mass is 9.67. The van der Waals surface area contributed by atoms with E-state index in [4.69, 9.17) is 0 Å². The van der Waals surface area contributed by atoms with Crippen molar-refractivity contribution in [2.24, 2.45) is 0 Å². The number of nitrogens with zero attached hydrogens (tertiary/aromatic N) is 1. The minimum atomic E-state index is -0.555. The van der Waals surface area contributed by atoms with Crippen LogP contribution in [0.3, 0.4) is 0 Å². The van der Waals surface area contributed by atoms with Crippen LogP contribution in [0.15, 0.2) is 249 Å². The summed E-state index contributed by atoms with van der Waals surface area (Å²) in [5, 5.41) is 2.51. The maximum absolute atomic E-state index is 2.46. The van der Waals surface area contributed by atoms with Crippen LogP contribution in [0.1, 0.15) is 22.3 Å². The Hall–Kier alpha value is -7.74. The molecular formula is C59H41N. The van der Waals surface area contributed by atoms with Crippen molar-refractivity contribution >= 4 is 27.8 Å². The summed E-state index contributed by atoms with van der Waals surface area (Å²) in [7, 11) is 0. The van der Waals surface area contributed by atoms with E-state index in [0.29, 0.717) is 0 Å². The maximum Gasteiger partial charge on any atom is 0.0714 e. The Bertz CT molecular complexity index is 2970. The molecule has 1 nitrogen and oxygen atoms in total. The molecule has 11 rings (SSSR count). The van der Waals surface area contributed by atoms with Crippen molar-refractivity contribution in [3.8, 4) is 44.5 Å². The summed E-state index contributed by atoms with van der Waals surface area (Å²) in [5.41, 5.74) is 17.6. The van der Waals surface area contributed by atoms with Gasteiger partial charge in [0.05, 0.1) is 5.41 Å². The van der Waals surface area contributed by atoms with E-state index >= 15 is 0 Å². The Labute approximate surface area is 352 Å². The average molecular weight is 764 g/mol. The van der Waals surface area contributed by atoms with Crippen molar-refractivity contribution in [2.45, 2.75) is 5.41 Å². The van der Waals surface area contributed by atoms with Gasteiger partial charge in [-0.15, -0.1) is 0 Å². The smallest absolute Gasteiger partial charge is 0.0714 e. The molecule has 0 saturated heterocycles. The average Bonchev–Trinajstić information content (AvgIpc) is 3.63. The second kappa shape index (κ2) is 14.9. The normalized spacial score (nSPS) is 12.5. The SMILES string of the molecule is c1ccc(-c2ccc(N(c3ccc(-c4ccccc4)cc3)c3ccc4c(c3)C(c3ccccc3)(c3ccccc3)c3ccc(-c5cccc6ccccc56)cc3-4)cc2)cc1. The van der Waals surface area contributed by atoms with Crippen molar-refractivity contribution in [1.82, 2.24) is 0 Å². The molecule has 1 aliphatic rings. The van der Waals surface area contributed by atoms with Crippen LogP contribution in [0, 0.1) is 0 Å². The molecule has 0 bridgehead atoms. The van der Waals surface area contributed by atoms with Gasteiger partial charge in [0, 0.05) is 17.1 Å². The molecule has 282 valence electrons. The number of hydrogen-bond donors (Lipinski definition) is 0. The van der Waals surface area contributed by atoms with Crippen LogP contribution in [-0.4, -0.2) is 0 Å². The molecule has 0 aliphatic heterocycles. The molecule has 0 N–H and O–H groups in total. The minimum absolute atomic E-state index is 0.555. The fourth-order valence-electron chi connectivity index (χ4n) is 9.58. The number of benzene rings is 10. The molecule has 0 heterocycles. The van der Waals surface area contributed by atoms with Gasteiger partial charge in [0.15, 0.2) is 0 Å². The molecule has 0 saturated carbocycles. The van der Waals surface area contributed by atoms with Crippen molar-refractivity contribution in [3.63, 3.8) is 0 Å². The lowest BCUT2D eigenvalue weighted by molar-refractivity contribution is 0.768. The van der Waals surface area contributed by atoms with Gasteiger partial charge < -0.3 is 4.90 Å². The molecule has 0 aromatic heterocycles. The Morgan fingerprint density at radius 2 is 0.733 bits per heavy atom. The van der Waals surface area contributed by atoms with Crippen LogP contribution in [-0.2, 0) is 5.41 Å². The van der Waals surface area contributed by atoms with Crippen LogP contribution in [0.25, 0.3) is 55.3 Å². The fourth-order valence-corrected chi connectivity index (χ4v) is 9.58. The summed E-state index contributed by atoms with van der Waals surface area (Å²) in [6.45, 7) is 0. The van der Waals surface area contributed by atoms with Crippen LogP contribution in [0.4, 0.5) is 17.1 Å². The first-order valence-electron chi connectivity index (χ1n) is 20.8. The Morgan fingerprint density at radius 3 is 1.32 bits per heavy atom. The molecule has 0 radical (unpaired) electrons. The molecule has 0 fully saturated rings. The quantitative estimate of drug-likeness (QED) is 0.149. The third kappa shape index (κ3) is 5.94. The van der Waals surface area contributed by atoms with Crippen molar-refractivity contribution in [3.05, 3.63) is 271 Å². The van der Waals surface area contributed by atoms with Gasteiger partial charge in [0.25, 0.3) is 0 Å². The molecular weight excluding hydrogens is 723 g/mol. The molecule has 0 spiro atoms. The first-order chi connectivity index (χ1) is 29.8. The minimum Gasteiger partial charge on any atom is -0.310 e. The molecule has 10 aromatic rings. The standard InChI is InChI=1S/C59H41N/c1-5-16-42(17-6-1)44-28-33-50(34-29-44)60(51-35-30-45(31-36-51)43-18-7-2-8-19-43)52-37-38-55-56-40-47(54-27-15-21-46-20-13-14-26-53(46)54)32-39-57(56)59(58(55)41-52,48-22-9-3-10-23-48)49-24-11-4-12-25-49/h1-41H. The summed E-state index contributed by atoms with van der Waals surface area (Å²) in [4.78, 5) is 2.41. The third-order valence-electron chi connectivity index (χ3n) is 12.4. The van der Waals surface area contributed by atoms with Crippen molar-refractivity contribution < 1.29 is 0 Å². The second-order valence-corrected chi connectivity index (χ2v) is 15.7. The Kier molecular flexibility index (Phi) is 8.79. The molecule has 0 atom stereocenters. The monoisotopic (exact) mass is 763 g/mol. The van der Waals surface area contributed by atoms with Crippen molar-refractivity contribution in [1.29, 1.82) is 0 Å². The highest BCUT2D eigenvalue weighted by Gasteiger charge is 2.46. The van der Waals surface area contributed by atoms with Gasteiger partial charge in [-0.1, -0.05) is 206 Å². The molecule has 0 amide bonds. The Morgan fingerprint density at radius 1 is 0.267 bits per heavy atom. The lowest BCUT2D eigenvalue weighted by Crippen LogP contribution is -2.28. The van der Waals surface area contributed by atoms with Crippen LogP contribution in [0.5, 0.6) is 0 Å². The van der Waals surface area contributed by atoms with E-state index in [1.54, 1.807) is 0 Å². The van der Waals surface area contributed by atoms with Gasteiger partial charge in [-0.3, -0.25) is 0 Å². The number of fused-ring (bicyclic) bond motifs is 4. The van der Waals surface area contributed by atoms with E-state index in [-0.39, 0.29) is 0 Å². The summed E-state index contributed by atoms with van der Waals surface area (Å²) in [6.07, 6.45) is 0. The highest BCUT2D eigenvalue weighted by molar-refractivity contribution is 5.99. The van der Waals surface area contributed by atoms with Crippen LogP contribution < -0.4 is 4.90 Å². The summed E-state index contributed by atoms with van der Waals surface area (Å²) in [5.74, 6) is 0. The lowest BCUT2D eigenvalue weighted by Gasteiger charge is -2.35. The van der Waals surface area contributed by atoms with E-state index in [1.807, 2.05) is 0 Å². The number of anilines is 3. The van der Waals surface area contributed by atoms with Crippen LogP contribution >= 0.6 is 0 Å². The topological polar surface area (TPSA) is 3.24 Å². The summed E-state index contributed by atoms with van der Waals surface area (Å²) >= 11 is 0. The molecule has 0 unspecified atom stereocenters. The zero-order valence-corrected chi connectivity index (χ0v) is 33.1. The first kappa shape index (κ1) is 35.4. The zero-order valence-electron chi connectivity index (χ0n) is 33.1. The molecule has 60 heavy (non-hydrogen) atoms. The second-order valence-electron chi connectivity index (χ2n) is 15.7. The molecule has 10 aromatic carbocycles. The predicted molar refractivity (Wildman–Crippen MR) is 252 cm³/mol. The van der Waals surface area contributed by atoms with Gasteiger partial charge in [0.1, 0.15) is 0 Å². The van der Waals surface area contributed by atoms with E-state index in [2.05, 4.69) is 254 Å². The van der Waals surface area contributed by atoms with Gasteiger partial charge >= 0.3 is 0 Å². The summed E-state index contributed by atoms with van der Waals surface area (Å²) in [6, 6.07) is 91.1. The molecule has 1 heteroatoms. The van der Waals surface area contributed by atoms with Gasteiger partial charge in [-0.2, -0.15) is 0 Å². The fraction of sp³-hybridized carbons (Fsp3) is 0.0169. The van der Waals surface area contributed by atoms with Gasteiger partial charge in [-0.05, 0) is 120 Å². The highest BCUT2D eigenvalue weighted by atomic mass is 15.1. The van der Waals surface area contributed by atoms with E-state index < -0.39 is 5.41 Å². The number of hydrogen-bond acceptors (Lipinski definition) is 1. The zero-order chi connectivity index (χ0) is 39.9. The van der Waals surface area contributed by atoms with Crippen LogP contribution in [0.2, 0.25) is 0 Å². The third-order valence-corrected chi connectivity index (χ3v) is 12.4.